The number of amides is 1. The lowest BCUT2D eigenvalue weighted by Crippen LogP contribution is -2.59. The van der Waals surface area contributed by atoms with E-state index in [1.54, 1.807) is 32.9 Å². The fourth-order valence-electron chi connectivity index (χ4n) is 4.79. The number of esters is 1. The Morgan fingerprint density at radius 1 is 1.07 bits per heavy atom. The van der Waals surface area contributed by atoms with Crippen molar-refractivity contribution in [3.63, 3.8) is 0 Å². The number of hydrogen-bond acceptors (Lipinski definition) is 8. The Morgan fingerprint density at radius 3 is 2.36 bits per heavy atom. The third kappa shape index (κ3) is 6.82. The summed E-state index contributed by atoms with van der Waals surface area (Å²) in [6, 6.07) is 16.7. The van der Waals surface area contributed by atoms with Crippen molar-refractivity contribution in [1.82, 2.24) is 5.43 Å². The van der Waals surface area contributed by atoms with Gasteiger partial charge in [-0.25, -0.2) is 4.79 Å². The van der Waals surface area contributed by atoms with Crippen molar-refractivity contribution in [3.05, 3.63) is 83.4 Å². The van der Waals surface area contributed by atoms with Crippen LogP contribution in [0.15, 0.2) is 66.7 Å². The Morgan fingerprint density at radius 2 is 1.75 bits per heavy atom. The molecule has 13 heteroatoms. The van der Waals surface area contributed by atoms with Gasteiger partial charge in [0.1, 0.15) is 5.84 Å². The van der Waals surface area contributed by atoms with E-state index in [1.165, 1.54) is 47.5 Å². The third-order valence-electron chi connectivity index (χ3n) is 6.76. The van der Waals surface area contributed by atoms with Crippen molar-refractivity contribution in [2.45, 2.75) is 58.2 Å². The maximum atomic E-state index is 14.4. The number of alkyl halides is 3. The third-order valence-corrected chi connectivity index (χ3v) is 6.76. The van der Waals surface area contributed by atoms with Gasteiger partial charge < -0.3 is 25.3 Å². The van der Waals surface area contributed by atoms with Crippen molar-refractivity contribution in [1.29, 1.82) is 5.41 Å². The van der Waals surface area contributed by atoms with E-state index in [0.717, 1.165) is 5.56 Å². The molecule has 10 nitrogen and oxygen atoms in total. The number of hydrogen-bond donors (Lipinski definition) is 4. The van der Waals surface area contributed by atoms with Crippen LogP contribution < -0.4 is 31.0 Å². The van der Waals surface area contributed by atoms with Crippen LogP contribution >= 0.6 is 0 Å². The monoisotopic (exact) mass is 613 g/mol. The molecule has 2 unspecified atom stereocenters. The van der Waals surface area contributed by atoms with E-state index in [0.29, 0.717) is 17.7 Å². The molecule has 5 N–H and O–H groups in total. The number of nitrogens with one attached hydrogen (secondary N) is 3. The molecule has 0 bridgehead atoms. The number of carbonyl (C=O) groups excluding carboxylic acids is 2. The van der Waals surface area contributed by atoms with Crippen molar-refractivity contribution in [2.24, 2.45) is 5.73 Å². The first-order chi connectivity index (χ1) is 20.7. The lowest BCUT2D eigenvalue weighted by Gasteiger charge is -2.37. The second-order valence-electron chi connectivity index (χ2n) is 10.4. The standard InChI is InChI=1S/C31H34F3N5O5/c1-5-42-26-17-22(12-15-25(26)43-18(2)3)30(44-29(41)31(32,33)34,37-23-13-10-20(11-14-23)27(35)36)28(40)38-39-19(4)16-21-8-6-7-9-24(21)39/h6-15,17-19,37H,5,16H2,1-4H3,(H3,35,36)(H,38,40). The minimum absolute atomic E-state index is 0.0930. The number of amidine groups is 1. The van der Waals surface area contributed by atoms with E-state index in [4.69, 9.17) is 25.4 Å². The minimum Gasteiger partial charge on any atom is -0.490 e. The SMILES string of the molecule is CCOc1cc(C(Nc2ccc(C(=N)N)cc2)(OC(=O)C(F)(F)F)C(=O)NN2c3ccccc3CC2C)ccc1OC(C)C. The van der Waals surface area contributed by atoms with Crippen LogP contribution in [-0.2, 0) is 26.5 Å². The number of carbonyl (C=O) groups is 2. The molecule has 2 atom stereocenters. The molecule has 1 aliphatic rings. The number of fused-ring (bicyclic) bond motifs is 1. The second kappa shape index (κ2) is 12.7. The number of benzene rings is 3. The van der Waals surface area contributed by atoms with Crippen LogP contribution in [0.5, 0.6) is 11.5 Å². The summed E-state index contributed by atoms with van der Waals surface area (Å²) in [5.74, 6) is -3.57. The van der Waals surface area contributed by atoms with E-state index in [9.17, 15) is 22.8 Å². The number of nitrogens with zero attached hydrogens (tertiary/aromatic N) is 1. The molecule has 0 spiro atoms. The first kappa shape index (κ1) is 32.0. The minimum atomic E-state index is -5.44. The molecule has 0 fully saturated rings. The summed E-state index contributed by atoms with van der Waals surface area (Å²) in [6.07, 6.45) is -5.16. The predicted octanol–water partition coefficient (Wildman–Crippen LogP) is 5.01. The van der Waals surface area contributed by atoms with Gasteiger partial charge in [0.05, 0.1) is 24.4 Å². The number of halogens is 3. The molecule has 3 aromatic rings. The summed E-state index contributed by atoms with van der Waals surface area (Å²) in [4.78, 5) is 26.9. The number of nitrogen functional groups attached to an aromatic ring is 1. The fourth-order valence-corrected chi connectivity index (χ4v) is 4.79. The van der Waals surface area contributed by atoms with Gasteiger partial charge in [-0.05, 0) is 88.2 Å². The van der Waals surface area contributed by atoms with Gasteiger partial charge in [-0.2, -0.15) is 13.2 Å². The molecule has 0 radical (unpaired) electrons. The highest BCUT2D eigenvalue weighted by atomic mass is 19.4. The summed E-state index contributed by atoms with van der Waals surface area (Å²) >= 11 is 0. The van der Waals surface area contributed by atoms with Gasteiger partial charge in [0, 0.05) is 16.8 Å². The van der Waals surface area contributed by atoms with Gasteiger partial charge in [-0.1, -0.05) is 18.2 Å². The van der Waals surface area contributed by atoms with Gasteiger partial charge in [0.15, 0.2) is 11.5 Å². The van der Waals surface area contributed by atoms with E-state index in [2.05, 4.69) is 10.7 Å². The Kier molecular flexibility index (Phi) is 9.26. The van der Waals surface area contributed by atoms with Gasteiger partial charge in [-0.15, -0.1) is 0 Å². The molecule has 4 rings (SSSR count). The Bertz CT molecular complexity index is 1530. The average molecular weight is 614 g/mol. The number of rotatable bonds is 11. The normalized spacial score (nSPS) is 15.6. The van der Waals surface area contributed by atoms with Gasteiger partial charge >= 0.3 is 18.1 Å². The van der Waals surface area contributed by atoms with Crippen LogP contribution in [0.25, 0.3) is 0 Å². The highest BCUT2D eigenvalue weighted by Crippen LogP contribution is 2.39. The number of ether oxygens (including phenoxy) is 3. The van der Waals surface area contributed by atoms with Crippen molar-refractivity contribution in [2.75, 3.05) is 16.9 Å². The molecule has 0 saturated heterocycles. The summed E-state index contributed by atoms with van der Waals surface area (Å²) < 4.78 is 58.0. The van der Waals surface area contributed by atoms with Crippen molar-refractivity contribution >= 4 is 29.1 Å². The Balaban J connectivity index is 1.90. The Hall–Kier alpha value is -4.94. The smallest absolute Gasteiger partial charge is 0.490 e. The molecule has 44 heavy (non-hydrogen) atoms. The zero-order valence-corrected chi connectivity index (χ0v) is 24.6. The maximum Gasteiger partial charge on any atom is 0.491 e. The van der Waals surface area contributed by atoms with Crippen molar-refractivity contribution in [3.8, 4) is 11.5 Å². The molecular weight excluding hydrogens is 579 g/mol. The number of hydrazine groups is 1. The Labute approximate surface area is 252 Å². The zero-order chi connectivity index (χ0) is 32.2. The van der Waals surface area contributed by atoms with E-state index in [-0.39, 0.29) is 47.3 Å². The van der Waals surface area contributed by atoms with Gasteiger partial charge in [-0.3, -0.25) is 20.6 Å². The molecule has 0 saturated carbocycles. The lowest BCUT2D eigenvalue weighted by molar-refractivity contribution is -0.213. The lowest BCUT2D eigenvalue weighted by atomic mass is 9.99. The van der Waals surface area contributed by atoms with E-state index in [1.807, 2.05) is 19.1 Å². The summed E-state index contributed by atoms with van der Waals surface area (Å²) in [5, 5.41) is 11.9. The summed E-state index contributed by atoms with van der Waals surface area (Å²) in [6.45, 7) is 7.28. The number of para-hydroxylation sites is 1. The van der Waals surface area contributed by atoms with Crippen LogP contribution in [0.3, 0.4) is 0 Å². The number of nitrogens with two attached hydrogens (primary N) is 1. The summed E-state index contributed by atoms with van der Waals surface area (Å²) in [5.41, 5.74) is 7.27. The highest BCUT2D eigenvalue weighted by molar-refractivity contribution is 5.96. The van der Waals surface area contributed by atoms with Gasteiger partial charge in [0.2, 0.25) is 0 Å². The van der Waals surface area contributed by atoms with Crippen LogP contribution in [0, 0.1) is 5.41 Å². The van der Waals surface area contributed by atoms with Crippen molar-refractivity contribution < 1.29 is 37.0 Å². The molecule has 0 aliphatic carbocycles. The average Bonchev–Trinajstić information content (AvgIpc) is 3.27. The van der Waals surface area contributed by atoms with Crippen LogP contribution in [0.4, 0.5) is 24.5 Å². The first-order valence-corrected chi connectivity index (χ1v) is 13.9. The highest BCUT2D eigenvalue weighted by Gasteiger charge is 2.53. The van der Waals surface area contributed by atoms with E-state index >= 15 is 0 Å². The summed E-state index contributed by atoms with van der Waals surface area (Å²) in [7, 11) is 0. The molecule has 234 valence electrons. The van der Waals surface area contributed by atoms with Crippen LogP contribution in [-0.4, -0.2) is 42.6 Å². The first-order valence-electron chi connectivity index (χ1n) is 13.9. The maximum absolute atomic E-state index is 14.4. The molecular formula is C31H34F3N5O5. The predicted molar refractivity (Wildman–Crippen MR) is 159 cm³/mol. The topological polar surface area (TPSA) is 139 Å². The fraction of sp³-hybridized carbons (Fsp3) is 0.323. The van der Waals surface area contributed by atoms with E-state index < -0.39 is 23.8 Å². The quantitative estimate of drug-likeness (QED) is 0.103. The molecule has 0 aromatic heterocycles. The number of anilines is 2. The molecule has 1 heterocycles. The molecule has 1 aliphatic heterocycles. The van der Waals surface area contributed by atoms with Gasteiger partial charge in [0.25, 0.3) is 5.72 Å². The molecule has 1 amide bonds. The molecule has 3 aromatic carbocycles. The van der Waals surface area contributed by atoms with Crippen LogP contribution in [0.2, 0.25) is 0 Å². The van der Waals surface area contributed by atoms with Crippen LogP contribution in [0.1, 0.15) is 44.4 Å². The second-order valence-corrected chi connectivity index (χ2v) is 10.4. The largest absolute Gasteiger partial charge is 0.491 e. The zero-order valence-electron chi connectivity index (χ0n) is 24.6.